The van der Waals surface area contributed by atoms with Crippen LogP contribution in [0.5, 0.6) is 0 Å². The maximum absolute atomic E-state index is 5.82. The van der Waals surface area contributed by atoms with Crippen molar-refractivity contribution in [1.29, 1.82) is 0 Å². The Kier molecular flexibility index (Phi) is 11.5. The van der Waals surface area contributed by atoms with E-state index in [4.69, 9.17) is 10.5 Å². The third-order valence-corrected chi connectivity index (χ3v) is 3.64. The maximum Gasteiger partial charge on any atom is 0.188 e. The van der Waals surface area contributed by atoms with Crippen molar-refractivity contribution < 1.29 is 4.74 Å². The number of methoxy groups -OCH3 is 1. The SMILES string of the molecule is COCC(C)NC(N)=NCCCN1CCCCC1C.I. The molecule has 120 valence electrons. The van der Waals surface area contributed by atoms with Gasteiger partial charge in [-0.2, -0.15) is 0 Å². The molecule has 0 bridgehead atoms. The summed E-state index contributed by atoms with van der Waals surface area (Å²) < 4.78 is 5.04. The molecule has 1 heterocycles. The minimum Gasteiger partial charge on any atom is -0.383 e. The molecule has 1 saturated heterocycles. The monoisotopic (exact) mass is 398 g/mol. The highest BCUT2D eigenvalue weighted by Gasteiger charge is 2.16. The molecular weight excluding hydrogens is 367 g/mol. The van der Waals surface area contributed by atoms with Crippen molar-refractivity contribution >= 4 is 29.9 Å². The molecule has 0 radical (unpaired) electrons. The smallest absolute Gasteiger partial charge is 0.188 e. The lowest BCUT2D eigenvalue weighted by Gasteiger charge is -2.33. The number of hydrogen-bond donors (Lipinski definition) is 2. The predicted octanol–water partition coefficient (Wildman–Crippen LogP) is 1.81. The van der Waals surface area contributed by atoms with Crippen LogP contribution in [-0.4, -0.2) is 56.3 Å². The first-order valence-electron chi connectivity index (χ1n) is 7.43. The number of nitrogens with one attached hydrogen (secondary N) is 1. The zero-order valence-electron chi connectivity index (χ0n) is 13.1. The Morgan fingerprint density at radius 3 is 2.90 bits per heavy atom. The number of guanidine groups is 1. The molecule has 0 aromatic carbocycles. The molecule has 0 aromatic heterocycles. The Morgan fingerprint density at radius 1 is 1.50 bits per heavy atom. The Balaban J connectivity index is 0.00000361. The number of likely N-dealkylation sites (tertiary alicyclic amines) is 1. The molecule has 1 fully saturated rings. The van der Waals surface area contributed by atoms with Crippen molar-refractivity contribution in [2.75, 3.05) is 33.4 Å². The number of piperidine rings is 1. The van der Waals surface area contributed by atoms with Gasteiger partial charge in [-0.25, -0.2) is 0 Å². The molecule has 1 aliphatic rings. The fraction of sp³-hybridized carbons (Fsp3) is 0.929. The first-order valence-corrected chi connectivity index (χ1v) is 7.43. The summed E-state index contributed by atoms with van der Waals surface area (Å²) in [5.74, 6) is 0.524. The molecule has 20 heavy (non-hydrogen) atoms. The first kappa shape index (κ1) is 19.9. The largest absolute Gasteiger partial charge is 0.383 e. The van der Waals surface area contributed by atoms with Gasteiger partial charge in [-0.3, -0.25) is 4.99 Å². The van der Waals surface area contributed by atoms with Gasteiger partial charge in [0.25, 0.3) is 0 Å². The lowest BCUT2D eigenvalue weighted by Crippen LogP contribution is -2.41. The lowest BCUT2D eigenvalue weighted by molar-refractivity contribution is 0.160. The van der Waals surface area contributed by atoms with Crippen molar-refractivity contribution in [2.24, 2.45) is 10.7 Å². The highest BCUT2D eigenvalue weighted by Crippen LogP contribution is 2.16. The van der Waals surface area contributed by atoms with Gasteiger partial charge < -0.3 is 20.7 Å². The van der Waals surface area contributed by atoms with Crippen LogP contribution < -0.4 is 11.1 Å². The Labute approximate surface area is 140 Å². The molecule has 1 aliphatic heterocycles. The normalized spacial score (nSPS) is 22.1. The summed E-state index contributed by atoms with van der Waals surface area (Å²) in [5.41, 5.74) is 5.82. The molecule has 0 aliphatic carbocycles. The van der Waals surface area contributed by atoms with Gasteiger partial charge in [-0.05, 0) is 39.7 Å². The molecular formula is C14H31IN4O. The highest BCUT2D eigenvalue weighted by atomic mass is 127. The summed E-state index contributed by atoms with van der Waals surface area (Å²) in [7, 11) is 1.69. The average Bonchev–Trinajstić information content (AvgIpc) is 2.36. The van der Waals surface area contributed by atoms with Crippen molar-refractivity contribution in [1.82, 2.24) is 10.2 Å². The zero-order valence-corrected chi connectivity index (χ0v) is 15.4. The van der Waals surface area contributed by atoms with Gasteiger partial charge in [-0.15, -0.1) is 24.0 Å². The van der Waals surface area contributed by atoms with E-state index in [9.17, 15) is 0 Å². The molecule has 0 spiro atoms. The van der Waals surface area contributed by atoms with E-state index >= 15 is 0 Å². The van der Waals surface area contributed by atoms with Gasteiger partial charge in [-0.1, -0.05) is 6.42 Å². The van der Waals surface area contributed by atoms with Gasteiger partial charge in [0.2, 0.25) is 0 Å². The number of ether oxygens (including phenoxy) is 1. The zero-order chi connectivity index (χ0) is 14.1. The van der Waals surface area contributed by atoms with Gasteiger partial charge >= 0.3 is 0 Å². The van der Waals surface area contributed by atoms with Crippen LogP contribution in [0.15, 0.2) is 4.99 Å². The second-order valence-corrected chi connectivity index (χ2v) is 5.50. The lowest BCUT2D eigenvalue weighted by atomic mass is 10.0. The summed E-state index contributed by atoms with van der Waals surface area (Å²) in [6.45, 7) is 8.16. The number of nitrogens with zero attached hydrogens (tertiary/aromatic N) is 2. The molecule has 3 N–H and O–H groups in total. The fourth-order valence-electron chi connectivity index (χ4n) is 2.55. The van der Waals surface area contributed by atoms with Crippen LogP contribution in [-0.2, 0) is 4.74 Å². The van der Waals surface area contributed by atoms with E-state index in [0.29, 0.717) is 12.6 Å². The second-order valence-electron chi connectivity index (χ2n) is 5.50. The topological polar surface area (TPSA) is 62.9 Å². The molecule has 2 atom stereocenters. The second kappa shape index (κ2) is 11.6. The molecule has 1 rings (SSSR count). The van der Waals surface area contributed by atoms with Crippen molar-refractivity contribution in [3.63, 3.8) is 0 Å². The van der Waals surface area contributed by atoms with E-state index in [2.05, 4.69) is 22.1 Å². The molecule has 2 unspecified atom stereocenters. The Hall–Kier alpha value is -0.0800. The third kappa shape index (κ3) is 8.26. The van der Waals surface area contributed by atoms with Crippen LogP contribution in [0.2, 0.25) is 0 Å². The van der Waals surface area contributed by atoms with Gasteiger partial charge in [0.1, 0.15) is 0 Å². The quantitative estimate of drug-likeness (QED) is 0.297. The minimum absolute atomic E-state index is 0. The fourth-order valence-corrected chi connectivity index (χ4v) is 2.55. The van der Waals surface area contributed by atoms with E-state index in [1.807, 2.05) is 6.92 Å². The van der Waals surface area contributed by atoms with Crippen molar-refractivity contribution in [2.45, 2.75) is 51.6 Å². The van der Waals surface area contributed by atoms with Gasteiger partial charge in [0.15, 0.2) is 5.96 Å². The summed E-state index contributed by atoms with van der Waals surface area (Å²) in [5, 5.41) is 3.12. The van der Waals surface area contributed by atoms with Crippen LogP contribution in [0.1, 0.15) is 39.5 Å². The molecule has 5 nitrogen and oxygen atoms in total. The Bertz CT molecular complexity index is 276. The predicted molar refractivity (Wildman–Crippen MR) is 95.9 cm³/mol. The summed E-state index contributed by atoms with van der Waals surface area (Å²) in [6.07, 6.45) is 5.13. The third-order valence-electron chi connectivity index (χ3n) is 3.64. The van der Waals surface area contributed by atoms with E-state index in [-0.39, 0.29) is 30.0 Å². The van der Waals surface area contributed by atoms with Crippen molar-refractivity contribution in [3.05, 3.63) is 0 Å². The van der Waals surface area contributed by atoms with E-state index in [0.717, 1.165) is 25.6 Å². The highest BCUT2D eigenvalue weighted by molar-refractivity contribution is 14.0. The average molecular weight is 398 g/mol. The number of halogens is 1. The number of nitrogens with two attached hydrogens (primary N) is 1. The van der Waals surface area contributed by atoms with E-state index < -0.39 is 0 Å². The first-order chi connectivity index (χ1) is 9.13. The van der Waals surface area contributed by atoms with Gasteiger partial charge in [0, 0.05) is 32.3 Å². The van der Waals surface area contributed by atoms with E-state index in [1.54, 1.807) is 7.11 Å². The molecule has 0 aromatic rings. The Morgan fingerprint density at radius 2 is 2.25 bits per heavy atom. The molecule has 0 amide bonds. The number of hydrogen-bond acceptors (Lipinski definition) is 3. The summed E-state index contributed by atoms with van der Waals surface area (Å²) in [4.78, 5) is 6.92. The van der Waals surface area contributed by atoms with Crippen molar-refractivity contribution in [3.8, 4) is 0 Å². The van der Waals surface area contributed by atoms with Crippen LogP contribution in [0.3, 0.4) is 0 Å². The van der Waals surface area contributed by atoms with E-state index in [1.165, 1.54) is 25.8 Å². The standard InChI is InChI=1S/C14H30N4O.HI/c1-12(11-19-3)17-14(15)16-8-6-10-18-9-5-4-7-13(18)2;/h12-13H,4-11H2,1-3H3,(H3,15,16,17);1H. The summed E-state index contributed by atoms with van der Waals surface area (Å²) >= 11 is 0. The van der Waals surface area contributed by atoms with Crippen LogP contribution in [0.25, 0.3) is 0 Å². The van der Waals surface area contributed by atoms with Crippen LogP contribution in [0.4, 0.5) is 0 Å². The van der Waals surface area contributed by atoms with Crippen LogP contribution >= 0.6 is 24.0 Å². The van der Waals surface area contributed by atoms with Crippen LogP contribution in [0, 0.1) is 0 Å². The summed E-state index contributed by atoms with van der Waals surface area (Å²) in [6, 6.07) is 0.936. The minimum atomic E-state index is 0. The van der Waals surface area contributed by atoms with Gasteiger partial charge in [0.05, 0.1) is 6.61 Å². The molecule has 0 saturated carbocycles. The molecule has 6 heteroatoms. The number of aliphatic imine (C=N–C) groups is 1. The maximum atomic E-state index is 5.82. The number of rotatable bonds is 7.